The van der Waals surface area contributed by atoms with Crippen molar-refractivity contribution in [3.63, 3.8) is 0 Å². The lowest BCUT2D eigenvalue weighted by Crippen LogP contribution is -2.36. The Bertz CT molecular complexity index is 701. The normalized spacial score (nSPS) is 11.4. The van der Waals surface area contributed by atoms with Gasteiger partial charge in [0.1, 0.15) is 5.82 Å². The van der Waals surface area contributed by atoms with Gasteiger partial charge in [-0.3, -0.25) is 4.99 Å². The summed E-state index contributed by atoms with van der Waals surface area (Å²) < 4.78 is 18.8. The van der Waals surface area contributed by atoms with Crippen LogP contribution >= 0.6 is 0 Å². The minimum absolute atomic E-state index is 0.189. The zero-order chi connectivity index (χ0) is 17.4. The van der Waals surface area contributed by atoms with E-state index in [4.69, 9.17) is 4.74 Å². The quantitative estimate of drug-likeness (QED) is 0.632. The molecule has 0 spiro atoms. The van der Waals surface area contributed by atoms with Gasteiger partial charge in [0, 0.05) is 27.2 Å². The molecule has 0 heterocycles. The topological polar surface area (TPSA) is 45.7 Å². The molecule has 0 saturated carbocycles. The highest BCUT2D eigenvalue weighted by molar-refractivity contribution is 5.79. The molecular formula is C19H24FN3O. The minimum Gasteiger partial charge on any atom is -0.380 e. The summed E-state index contributed by atoms with van der Waals surface area (Å²) in [5.41, 5.74) is 3.82. The molecule has 5 heteroatoms. The van der Waals surface area contributed by atoms with Gasteiger partial charge in [-0.2, -0.15) is 0 Å². The van der Waals surface area contributed by atoms with Crippen molar-refractivity contribution in [2.45, 2.75) is 26.6 Å². The van der Waals surface area contributed by atoms with Crippen LogP contribution in [0.2, 0.25) is 0 Å². The molecule has 2 aromatic carbocycles. The van der Waals surface area contributed by atoms with Crippen LogP contribution in [0.1, 0.15) is 22.3 Å². The molecule has 0 fully saturated rings. The number of benzene rings is 2. The van der Waals surface area contributed by atoms with Gasteiger partial charge in [-0.25, -0.2) is 4.39 Å². The van der Waals surface area contributed by atoms with E-state index in [1.165, 1.54) is 0 Å². The number of ether oxygens (including phenoxy) is 1. The molecule has 0 amide bonds. The molecule has 2 rings (SSSR count). The van der Waals surface area contributed by atoms with Gasteiger partial charge in [0.15, 0.2) is 5.96 Å². The Balaban J connectivity index is 1.92. The predicted octanol–water partition coefficient (Wildman–Crippen LogP) is 3.15. The van der Waals surface area contributed by atoms with Crippen molar-refractivity contribution in [1.29, 1.82) is 0 Å². The second-order valence-electron chi connectivity index (χ2n) is 5.56. The van der Waals surface area contributed by atoms with E-state index in [1.807, 2.05) is 24.3 Å². The monoisotopic (exact) mass is 329 g/mol. The second-order valence-corrected chi connectivity index (χ2v) is 5.56. The number of guanidine groups is 1. The zero-order valence-corrected chi connectivity index (χ0v) is 14.4. The predicted molar refractivity (Wildman–Crippen MR) is 95.3 cm³/mol. The SMILES string of the molecule is CN=C(NCc1ccc(C)c(F)c1)NCc1ccccc1COC. The van der Waals surface area contributed by atoms with Gasteiger partial charge in [-0.1, -0.05) is 36.4 Å². The Kier molecular flexibility index (Phi) is 6.75. The van der Waals surface area contributed by atoms with Crippen LogP contribution in [-0.2, 0) is 24.4 Å². The molecular weight excluding hydrogens is 305 g/mol. The third kappa shape index (κ3) is 5.06. The van der Waals surface area contributed by atoms with Crippen LogP contribution in [0.15, 0.2) is 47.5 Å². The van der Waals surface area contributed by atoms with Crippen LogP contribution in [0, 0.1) is 12.7 Å². The second kappa shape index (κ2) is 9.03. The fourth-order valence-corrected chi connectivity index (χ4v) is 2.36. The highest BCUT2D eigenvalue weighted by atomic mass is 19.1. The number of nitrogens with zero attached hydrogens (tertiary/aromatic N) is 1. The van der Waals surface area contributed by atoms with Crippen molar-refractivity contribution in [1.82, 2.24) is 10.6 Å². The van der Waals surface area contributed by atoms with Crippen LogP contribution in [0.5, 0.6) is 0 Å². The highest BCUT2D eigenvalue weighted by Gasteiger charge is 2.04. The molecule has 2 N–H and O–H groups in total. The smallest absolute Gasteiger partial charge is 0.191 e. The van der Waals surface area contributed by atoms with Crippen molar-refractivity contribution in [3.8, 4) is 0 Å². The summed E-state index contributed by atoms with van der Waals surface area (Å²) in [6.45, 7) is 3.48. The number of methoxy groups -OCH3 is 1. The molecule has 0 aliphatic heterocycles. The van der Waals surface area contributed by atoms with E-state index >= 15 is 0 Å². The van der Waals surface area contributed by atoms with Crippen molar-refractivity contribution < 1.29 is 9.13 Å². The standard InChI is InChI=1S/C19H24FN3O/c1-14-8-9-15(10-18(14)20)11-22-19(21-2)23-12-16-6-4-5-7-17(16)13-24-3/h4-10H,11-13H2,1-3H3,(H2,21,22,23). The summed E-state index contributed by atoms with van der Waals surface area (Å²) in [6, 6.07) is 13.3. The van der Waals surface area contributed by atoms with Crippen LogP contribution in [0.3, 0.4) is 0 Å². The first kappa shape index (κ1) is 17.9. The molecule has 0 aliphatic rings. The van der Waals surface area contributed by atoms with Crippen molar-refractivity contribution in [2.75, 3.05) is 14.2 Å². The van der Waals surface area contributed by atoms with Crippen molar-refractivity contribution in [2.24, 2.45) is 4.99 Å². The van der Waals surface area contributed by atoms with E-state index in [0.29, 0.717) is 31.2 Å². The van der Waals surface area contributed by atoms with Gasteiger partial charge in [-0.05, 0) is 35.2 Å². The van der Waals surface area contributed by atoms with Crippen molar-refractivity contribution >= 4 is 5.96 Å². The zero-order valence-electron chi connectivity index (χ0n) is 14.4. The van der Waals surface area contributed by atoms with Crippen molar-refractivity contribution in [3.05, 3.63) is 70.5 Å². The van der Waals surface area contributed by atoms with E-state index < -0.39 is 0 Å². The van der Waals surface area contributed by atoms with E-state index in [9.17, 15) is 4.39 Å². The van der Waals surface area contributed by atoms with Crippen LogP contribution in [0.25, 0.3) is 0 Å². The van der Waals surface area contributed by atoms with Gasteiger partial charge in [0.2, 0.25) is 0 Å². The summed E-state index contributed by atoms with van der Waals surface area (Å²) >= 11 is 0. The Morgan fingerprint density at radius 1 is 1.08 bits per heavy atom. The minimum atomic E-state index is -0.189. The third-order valence-corrected chi connectivity index (χ3v) is 3.78. The number of hydrogen-bond donors (Lipinski definition) is 2. The fourth-order valence-electron chi connectivity index (χ4n) is 2.36. The lowest BCUT2D eigenvalue weighted by molar-refractivity contribution is 0.184. The fraction of sp³-hybridized carbons (Fsp3) is 0.316. The average Bonchev–Trinajstić information content (AvgIpc) is 2.59. The summed E-state index contributed by atoms with van der Waals surface area (Å²) in [5.74, 6) is 0.481. The van der Waals surface area contributed by atoms with Gasteiger partial charge < -0.3 is 15.4 Å². The number of nitrogens with one attached hydrogen (secondary N) is 2. The largest absolute Gasteiger partial charge is 0.380 e. The van der Waals surface area contributed by atoms with Crippen LogP contribution in [-0.4, -0.2) is 20.1 Å². The molecule has 0 aliphatic carbocycles. The molecule has 0 bridgehead atoms. The maximum absolute atomic E-state index is 13.6. The van der Waals surface area contributed by atoms with Gasteiger partial charge in [0.25, 0.3) is 0 Å². The molecule has 128 valence electrons. The van der Waals surface area contributed by atoms with Gasteiger partial charge in [0.05, 0.1) is 6.61 Å². The lowest BCUT2D eigenvalue weighted by Gasteiger charge is -2.14. The molecule has 2 aromatic rings. The number of aliphatic imine (C=N–C) groups is 1. The Morgan fingerprint density at radius 2 is 1.79 bits per heavy atom. The maximum atomic E-state index is 13.6. The number of halogens is 1. The van der Waals surface area contributed by atoms with Crippen LogP contribution < -0.4 is 10.6 Å². The third-order valence-electron chi connectivity index (χ3n) is 3.78. The Hall–Kier alpha value is -2.40. The molecule has 24 heavy (non-hydrogen) atoms. The first-order valence-electron chi connectivity index (χ1n) is 7.89. The molecule has 4 nitrogen and oxygen atoms in total. The van der Waals surface area contributed by atoms with Gasteiger partial charge >= 0.3 is 0 Å². The Morgan fingerprint density at radius 3 is 2.46 bits per heavy atom. The van der Waals surface area contributed by atoms with E-state index in [2.05, 4.69) is 21.7 Å². The number of aryl methyl sites for hydroxylation is 1. The van der Waals surface area contributed by atoms with E-state index in [0.717, 1.165) is 16.7 Å². The number of rotatable bonds is 6. The van der Waals surface area contributed by atoms with Crippen LogP contribution in [0.4, 0.5) is 4.39 Å². The summed E-state index contributed by atoms with van der Waals surface area (Å²) in [4.78, 5) is 4.20. The molecule has 0 atom stereocenters. The summed E-state index contributed by atoms with van der Waals surface area (Å²) in [6.07, 6.45) is 0. The first-order chi connectivity index (χ1) is 11.6. The molecule has 0 saturated heterocycles. The molecule has 0 radical (unpaired) electrons. The van der Waals surface area contributed by atoms with E-state index in [1.54, 1.807) is 33.2 Å². The summed E-state index contributed by atoms with van der Waals surface area (Å²) in [7, 11) is 3.40. The lowest BCUT2D eigenvalue weighted by atomic mass is 10.1. The number of hydrogen-bond acceptors (Lipinski definition) is 2. The Labute approximate surface area is 142 Å². The first-order valence-corrected chi connectivity index (χ1v) is 7.89. The molecule has 0 unspecified atom stereocenters. The van der Waals surface area contributed by atoms with Gasteiger partial charge in [-0.15, -0.1) is 0 Å². The van der Waals surface area contributed by atoms with E-state index in [-0.39, 0.29) is 5.82 Å². The highest BCUT2D eigenvalue weighted by Crippen LogP contribution is 2.10. The maximum Gasteiger partial charge on any atom is 0.191 e. The summed E-state index contributed by atoms with van der Waals surface area (Å²) in [5, 5.41) is 6.47. The average molecular weight is 329 g/mol. The molecule has 0 aromatic heterocycles.